The van der Waals surface area contributed by atoms with Crippen molar-refractivity contribution < 1.29 is 19.1 Å². The maximum atomic E-state index is 13.0. The molecule has 10 heteroatoms. The van der Waals surface area contributed by atoms with Gasteiger partial charge < -0.3 is 15.4 Å². The Hall–Kier alpha value is -2.58. The number of nitrogens with zero attached hydrogens (tertiary/aromatic N) is 1. The fraction of sp³-hybridized carbons (Fsp3) is 0.227. The van der Waals surface area contributed by atoms with E-state index in [9.17, 15) is 14.4 Å². The third-order valence-electron chi connectivity index (χ3n) is 5.09. The van der Waals surface area contributed by atoms with E-state index in [0.717, 1.165) is 17.7 Å². The van der Waals surface area contributed by atoms with Crippen molar-refractivity contribution in [3.63, 3.8) is 0 Å². The van der Waals surface area contributed by atoms with Gasteiger partial charge in [-0.1, -0.05) is 40.9 Å². The minimum absolute atomic E-state index is 0.0250. The molecule has 0 saturated carbocycles. The molecule has 32 heavy (non-hydrogen) atoms. The van der Waals surface area contributed by atoms with Crippen molar-refractivity contribution in [1.29, 1.82) is 0 Å². The highest BCUT2D eigenvalue weighted by atomic mass is 35.5. The largest absolute Gasteiger partial charge is 0.376 e. The summed E-state index contributed by atoms with van der Waals surface area (Å²) < 4.78 is 5.51. The molecule has 2 aliphatic heterocycles. The molecule has 0 spiro atoms. The minimum atomic E-state index is -0.714. The monoisotopic (exact) mass is 493 g/mol. The number of benzene rings is 2. The van der Waals surface area contributed by atoms with Crippen LogP contribution in [0.2, 0.25) is 10.0 Å². The number of nitrogens with one attached hydrogen (secondary N) is 2. The lowest BCUT2D eigenvalue weighted by Crippen LogP contribution is -2.32. The van der Waals surface area contributed by atoms with Gasteiger partial charge in [0.05, 0.1) is 16.8 Å². The van der Waals surface area contributed by atoms with Gasteiger partial charge in [-0.25, -0.2) is 4.90 Å². The Morgan fingerprint density at radius 3 is 2.62 bits per heavy atom. The first-order valence-electron chi connectivity index (χ1n) is 9.85. The van der Waals surface area contributed by atoms with Crippen LogP contribution < -0.4 is 15.5 Å². The molecule has 4 rings (SSSR count). The zero-order valence-corrected chi connectivity index (χ0v) is 18.9. The van der Waals surface area contributed by atoms with Crippen LogP contribution in [-0.4, -0.2) is 37.0 Å². The molecule has 1 fully saturated rings. The fourth-order valence-corrected chi connectivity index (χ4v) is 4.19. The summed E-state index contributed by atoms with van der Waals surface area (Å²) >= 11 is 18.2. The van der Waals surface area contributed by atoms with Crippen LogP contribution >= 0.6 is 34.8 Å². The molecule has 0 radical (unpaired) electrons. The van der Waals surface area contributed by atoms with E-state index >= 15 is 0 Å². The molecule has 1 unspecified atom stereocenters. The van der Waals surface area contributed by atoms with Crippen LogP contribution in [0.4, 0.5) is 11.4 Å². The standard InChI is InChI=1S/C22H18Cl3N3O4/c23-13-6-7-17(16(24)10-13)28-21(30)18(25)19(22(28)31)27-14-4-1-3-12(9-14)20(29)26-11-15-5-2-8-32-15/h1,3-4,6-7,9-10,15,27H,2,5,8,11H2,(H,26,29). The zero-order valence-electron chi connectivity index (χ0n) is 16.7. The molecule has 2 N–H and O–H groups in total. The van der Waals surface area contributed by atoms with Gasteiger partial charge in [-0.3, -0.25) is 14.4 Å². The first-order valence-corrected chi connectivity index (χ1v) is 11.0. The number of ether oxygens (including phenoxy) is 1. The molecule has 166 valence electrons. The summed E-state index contributed by atoms with van der Waals surface area (Å²) in [6.07, 6.45) is 1.93. The number of hydrogen-bond donors (Lipinski definition) is 2. The summed E-state index contributed by atoms with van der Waals surface area (Å²) in [7, 11) is 0. The maximum absolute atomic E-state index is 13.0. The topological polar surface area (TPSA) is 87.7 Å². The van der Waals surface area contributed by atoms with Crippen molar-refractivity contribution >= 4 is 63.9 Å². The van der Waals surface area contributed by atoms with Gasteiger partial charge in [-0.2, -0.15) is 0 Å². The van der Waals surface area contributed by atoms with Crippen molar-refractivity contribution in [2.45, 2.75) is 18.9 Å². The van der Waals surface area contributed by atoms with Crippen molar-refractivity contribution in [2.24, 2.45) is 0 Å². The van der Waals surface area contributed by atoms with Gasteiger partial charge in [0.1, 0.15) is 10.7 Å². The van der Waals surface area contributed by atoms with Gasteiger partial charge in [0.2, 0.25) is 0 Å². The van der Waals surface area contributed by atoms with Gasteiger partial charge in [0.15, 0.2) is 0 Å². The Labute approximate surface area is 199 Å². The van der Waals surface area contributed by atoms with E-state index in [1.807, 2.05) is 0 Å². The zero-order chi connectivity index (χ0) is 22.8. The molecule has 7 nitrogen and oxygen atoms in total. The van der Waals surface area contributed by atoms with E-state index in [1.54, 1.807) is 24.3 Å². The summed E-state index contributed by atoms with van der Waals surface area (Å²) in [5.74, 6) is -1.65. The summed E-state index contributed by atoms with van der Waals surface area (Å²) in [5.41, 5.74) is 0.870. The Kier molecular flexibility index (Phi) is 6.71. The number of rotatable bonds is 6. The van der Waals surface area contributed by atoms with E-state index in [1.165, 1.54) is 18.2 Å². The predicted octanol–water partition coefficient (Wildman–Crippen LogP) is 4.34. The number of halogens is 3. The first-order chi connectivity index (χ1) is 15.3. The summed E-state index contributed by atoms with van der Waals surface area (Å²) in [6, 6.07) is 10.9. The maximum Gasteiger partial charge on any atom is 0.283 e. The molecule has 2 heterocycles. The Bertz CT molecular complexity index is 1130. The molecular formula is C22H18Cl3N3O4. The van der Waals surface area contributed by atoms with Crippen LogP contribution in [0.5, 0.6) is 0 Å². The van der Waals surface area contributed by atoms with E-state index in [-0.39, 0.29) is 33.5 Å². The highest BCUT2D eigenvalue weighted by molar-refractivity contribution is 6.53. The first kappa shape index (κ1) is 22.6. The predicted molar refractivity (Wildman–Crippen MR) is 123 cm³/mol. The molecule has 0 aliphatic carbocycles. The number of carbonyl (C=O) groups excluding carboxylic acids is 3. The third kappa shape index (κ3) is 4.61. The molecule has 2 aromatic carbocycles. The normalized spacial score (nSPS) is 18.5. The van der Waals surface area contributed by atoms with Crippen molar-refractivity contribution in [1.82, 2.24) is 5.32 Å². The van der Waals surface area contributed by atoms with Crippen molar-refractivity contribution in [3.05, 3.63) is 68.8 Å². The van der Waals surface area contributed by atoms with Crippen LogP contribution in [-0.2, 0) is 14.3 Å². The smallest absolute Gasteiger partial charge is 0.283 e. The summed E-state index contributed by atoms with van der Waals surface area (Å²) in [5, 5.41) is 5.91. The number of imide groups is 1. The lowest BCUT2D eigenvalue weighted by atomic mass is 10.1. The lowest BCUT2D eigenvalue weighted by molar-refractivity contribution is -0.120. The van der Waals surface area contributed by atoms with Gasteiger partial charge in [-0.15, -0.1) is 0 Å². The quantitative estimate of drug-likeness (QED) is 0.584. The van der Waals surface area contributed by atoms with E-state index < -0.39 is 11.8 Å². The fourth-order valence-electron chi connectivity index (χ4n) is 3.49. The molecule has 3 amide bonds. The highest BCUT2D eigenvalue weighted by Gasteiger charge is 2.39. The van der Waals surface area contributed by atoms with E-state index in [2.05, 4.69) is 10.6 Å². The van der Waals surface area contributed by atoms with Gasteiger partial charge in [0.25, 0.3) is 17.7 Å². The molecule has 2 aromatic rings. The second-order valence-electron chi connectivity index (χ2n) is 7.28. The van der Waals surface area contributed by atoms with E-state index in [4.69, 9.17) is 39.5 Å². The number of anilines is 2. The van der Waals surface area contributed by atoms with Crippen molar-refractivity contribution in [2.75, 3.05) is 23.4 Å². The summed E-state index contributed by atoms with van der Waals surface area (Å²) in [6.45, 7) is 1.14. The Morgan fingerprint density at radius 1 is 1.09 bits per heavy atom. The average Bonchev–Trinajstić information content (AvgIpc) is 3.36. The van der Waals surface area contributed by atoms with Gasteiger partial charge >= 0.3 is 0 Å². The number of amides is 3. The minimum Gasteiger partial charge on any atom is -0.376 e. The van der Waals surface area contributed by atoms with Crippen LogP contribution in [0.1, 0.15) is 23.2 Å². The number of hydrogen-bond acceptors (Lipinski definition) is 5. The third-order valence-corrected chi connectivity index (χ3v) is 5.97. The molecule has 0 aromatic heterocycles. The SMILES string of the molecule is O=C(NCC1CCCO1)c1cccc(NC2=C(Cl)C(=O)N(c3ccc(Cl)cc3Cl)C2=O)c1. The number of carbonyl (C=O) groups is 3. The molecule has 1 saturated heterocycles. The summed E-state index contributed by atoms with van der Waals surface area (Å²) in [4.78, 5) is 39.0. The molecule has 0 bridgehead atoms. The second-order valence-corrected chi connectivity index (χ2v) is 8.50. The second kappa shape index (κ2) is 9.50. The van der Waals surface area contributed by atoms with E-state index in [0.29, 0.717) is 29.4 Å². The van der Waals surface area contributed by atoms with Crippen molar-refractivity contribution in [3.8, 4) is 0 Å². The van der Waals surface area contributed by atoms with Crippen LogP contribution in [0.3, 0.4) is 0 Å². The lowest BCUT2D eigenvalue weighted by Gasteiger charge is -2.17. The van der Waals surface area contributed by atoms with Gasteiger partial charge in [-0.05, 0) is 49.2 Å². The Balaban J connectivity index is 1.49. The average molecular weight is 495 g/mol. The Morgan fingerprint density at radius 2 is 1.91 bits per heavy atom. The van der Waals surface area contributed by atoms with Crippen LogP contribution in [0, 0.1) is 0 Å². The van der Waals surface area contributed by atoms with Gasteiger partial charge in [0, 0.05) is 29.4 Å². The van der Waals surface area contributed by atoms with Crippen LogP contribution in [0.15, 0.2) is 53.2 Å². The highest BCUT2D eigenvalue weighted by Crippen LogP contribution is 2.35. The molecular weight excluding hydrogens is 477 g/mol. The molecule has 1 atom stereocenters. The van der Waals surface area contributed by atoms with Crippen LogP contribution in [0.25, 0.3) is 0 Å². The molecule has 2 aliphatic rings.